The zero-order chi connectivity index (χ0) is 33.5. The molecule has 5 rings (SSSR count). The fraction of sp³-hybridized carbons (Fsp3) is 0.414. The number of aromatic nitrogens is 4. The molecule has 0 spiro atoms. The molecule has 5 heterocycles. The molecular formula is C29H31F6N5O4S. The van der Waals surface area contributed by atoms with Crippen molar-refractivity contribution in [2.24, 2.45) is 0 Å². The number of thiophene rings is 1. The summed E-state index contributed by atoms with van der Waals surface area (Å²) in [6.45, 7) is 9.90. The summed E-state index contributed by atoms with van der Waals surface area (Å²) >= 11 is 1.92. The third kappa shape index (κ3) is 9.97. The molecule has 9 nitrogen and oxygen atoms in total. The van der Waals surface area contributed by atoms with Gasteiger partial charge in [-0.2, -0.15) is 26.3 Å². The van der Waals surface area contributed by atoms with Crippen LogP contribution in [0.3, 0.4) is 0 Å². The van der Waals surface area contributed by atoms with E-state index in [1.807, 2.05) is 36.1 Å². The number of likely N-dealkylation sites (tertiary alicyclic amines) is 1. The molecule has 4 aromatic rings. The Labute approximate surface area is 258 Å². The minimum absolute atomic E-state index is 0.359. The molecule has 0 bridgehead atoms. The van der Waals surface area contributed by atoms with Crippen molar-refractivity contribution in [3.05, 3.63) is 64.5 Å². The number of hydrogen-bond donors (Lipinski definition) is 2. The van der Waals surface area contributed by atoms with E-state index in [4.69, 9.17) is 29.8 Å². The molecule has 16 heteroatoms. The van der Waals surface area contributed by atoms with Crippen LogP contribution in [0.4, 0.5) is 26.3 Å². The summed E-state index contributed by atoms with van der Waals surface area (Å²) < 4.78 is 65.7. The lowest BCUT2D eigenvalue weighted by atomic mass is 9.92. The second kappa shape index (κ2) is 14.8. The summed E-state index contributed by atoms with van der Waals surface area (Å²) in [6.07, 6.45) is -2.23. The van der Waals surface area contributed by atoms with Crippen molar-refractivity contribution in [2.45, 2.75) is 64.5 Å². The van der Waals surface area contributed by atoms with Crippen LogP contribution in [0.2, 0.25) is 0 Å². The fourth-order valence-corrected chi connectivity index (χ4v) is 5.49. The number of aliphatic carboxylic acids is 2. The SMILES string of the molecule is Cc1ccc(CN2CCC(c3cc4c(ncn4C(C)C)c(-c4cccnc4)n3)CC2)s1.O=C(O)C(F)(F)F.O=C(O)C(F)(F)F. The van der Waals surface area contributed by atoms with Crippen molar-refractivity contribution >= 4 is 34.3 Å². The van der Waals surface area contributed by atoms with Gasteiger partial charge >= 0.3 is 24.3 Å². The van der Waals surface area contributed by atoms with Gasteiger partial charge in [-0.15, -0.1) is 11.3 Å². The minimum Gasteiger partial charge on any atom is -0.475 e. The first kappa shape index (κ1) is 35.4. The number of rotatable bonds is 5. The van der Waals surface area contributed by atoms with E-state index in [2.05, 4.69) is 59.5 Å². The maximum Gasteiger partial charge on any atom is 0.490 e. The Morgan fingerprint density at radius 3 is 2.09 bits per heavy atom. The number of carboxylic acids is 2. The standard InChI is InChI=1S/C25H29N5S.2C2HF3O2/c1-17(2)30-16-27-25-23(30)13-22(28-24(25)20-5-4-10-26-14-20)19-8-11-29(12-9-19)15-21-7-6-18(3)31-21;2*3-2(4,5)1(6)7/h4-7,10,13-14,16-17,19H,8-9,11-12,15H2,1-3H3;2*(H,6,7). The molecular weight excluding hydrogens is 628 g/mol. The molecule has 4 aromatic heterocycles. The zero-order valence-corrected chi connectivity index (χ0v) is 25.2. The van der Waals surface area contributed by atoms with Crippen LogP contribution in [0.1, 0.15) is 54.1 Å². The summed E-state index contributed by atoms with van der Waals surface area (Å²) in [7, 11) is 0. The summed E-state index contributed by atoms with van der Waals surface area (Å²) in [6, 6.07) is 11.2. The quantitative estimate of drug-likeness (QED) is 0.218. The van der Waals surface area contributed by atoms with E-state index in [1.54, 1.807) is 0 Å². The van der Waals surface area contributed by atoms with Crippen LogP contribution < -0.4 is 0 Å². The summed E-state index contributed by atoms with van der Waals surface area (Å²) in [5.74, 6) is -5.03. The number of pyridine rings is 2. The number of nitrogens with zero attached hydrogens (tertiary/aromatic N) is 5. The predicted octanol–water partition coefficient (Wildman–Crippen LogP) is 7.09. The van der Waals surface area contributed by atoms with Crippen molar-refractivity contribution in [2.75, 3.05) is 13.1 Å². The topological polar surface area (TPSA) is 121 Å². The molecule has 1 fully saturated rings. The highest BCUT2D eigenvalue weighted by Gasteiger charge is 2.39. The third-order valence-electron chi connectivity index (χ3n) is 6.74. The molecule has 1 aliphatic heterocycles. The first-order valence-electron chi connectivity index (χ1n) is 13.6. The van der Waals surface area contributed by atoms with Gasteiger partial charge in [0.15, 0.2) is 0 Å². The van der Waals surface area contributed by atoms with Gasteiger partial charge < -0.3 is 14.8 Å². The van der Waals surface area contributed by atoms with Gasteiger partial charge in [-0.05, 0) is 77.0 Å². The van der Waals surface area contributed by atoms with E-state index in [-0.39, 0.29) is 0 Å². The predicted molar refractivity (Wildman–Crippen MR) is 155 cm³/mol. The van der Waals surface area contributed by atoms with Gasteiger partial charge in [0.05, 0.1) is 17.5 Å². The average molecular weight is 660 g/mol. The molecule has 0 aromatic carbocycles. The fourth-order valence-electron chi connectivity index (χ4n) is 4.55. The average Bonchev–Trinajstić information content (AvgIpc) is 3.59. The molecule has 0 aliphatic carbocycles. The van der Waals surface area contributed by atoms with Crippen LogP contribution in [-0.4, -0.2) is 72.0 Å². The second-order valence-corrected chi connectivity index (χ2v) is 11.8. The summed E-state index contributed by atoms with van der Waals surface area (Å²) in [4.78, 5) is 37.4. The second-order valence-electron chi connectivity index (χ2n) is 10.4. The normalized spacial score (nSPS) is 14.4. The number of carbonyl (C=O) groups is 2. The molecule has 1 aliphatic rings. The first-order valence-corrected chi connectivity index (χ1v) is 14.4. The van der Waals surface area contributed by atoms with Crippen molar-refractivity contribution in [3.63, 3.8) is 0 Å². The van der Waals surface area contributed by atoms with E-state index in [1.165, 1.54) is 21.0 Å². The van der Waals surface area contributed by atoms with Gasteiger partial charge in [-0.25, -0.2) is 14.6 Å². The Hall–Kier alpha value is -4.05. The van der Waals surface area contributed by atoms with E-state index in [9.17, 15) is 26.3 Å². The van der Waals surface area contributed by atoms with Gasteiger partial charge in [0.1, 0.15) is 5.52 Å². The molecule has 244 valence electrons. The molecule has 0 saturated carbocycles. The number of aryl methyl sites for hydroxylation is 1. The van der Waals surface area contributed by atoms with Gasteiger partial charge in [0.25, 0.3) is 0 Å². The number of fused-ring (bicyclic) bond motifs is 1. The van der Waals surface area contributed by atoms with Crippen molar-refractivity contribution in [1.29, 1.82) is 0 Å². The Morgan fingerprint density at radius 2 is 1.62 bits per heavy atom. The molecule has 0 amide bonds. The number of alkyl halides is 6. The number of piperidine rings is 1. The zero-order valence-electron chi connectivity index (χ0n) is 24.4. The lowest BCUT2D eigenvalue weighted by Gasteiger charge is -2.31. The Balaban J connectivity index is 0.000000331. The minimum atomic E-state index is -5.08. The van der Waals surface area contributed by atoms with E-state index in [0.29, 0.717) is 12.0 Å². The largest absolute Gasteiger partial charge is 0.490 e. The van der Waals surface area contributed by atoms with Crippen LogP contribution in [-0.2, 0) is 16.1 Å². The Morgan fingerprint density at radius 1 is 1.02 bits per heavy atom. The number of carboxylic acid groups (broad SMARTS) is 2. The van der Waals surface area contributed by atoms with E-state index >= 15 is 0 Å². The van der Waals surface area contributed by atoms with Crippen LogP contribution in [0.15, 0.2) is 49.1 Å². The third-order valence-corrected chi connectivity index (χ3v) is 7.72. The summed E-state index contributed by atoms with van der Waals surface area (Å²) in [5.41, 5.74) is 5.33. The van der Waals surface area contributed by atoms with Gasteiger partial charge in [-0.1, -0.05) is 0 Å². The van der Waals surface area contributed by atoms with Crippen LogP contribution >= 0.6 is 11.3 Å². The molecule has 0 unspecified atom stereocenters. The number of imidazole rings is 1. The highest BCUT2D eigenvalue weighted by Crippen LogP contribution is 2.34. The lowest BCUT2D eigenvalue weighted by Crippen LogP contribution is -2.32. The van der Waals surface area contributed by atoms with Crippen LogP contribution in [0.25, 0.3) is 22.3 Å². The highest BCUT2D eigenvalue weighted by atomic mass is 32.1. The van der Waals surface area contributed by atoms with E-state index < -0.39 is 24.3 Å². The first-order chi connectivity index (χ1) is 21.0. The molecule has 0 atom stereocenters. The van der Waals surface area contributed by atoms with Gasteiger partial charge in [0, 0.05) is 51.9 Å². The Bertz CT molecular complexity index is 1560. The number of hydrogen-bond acceptors (Lipinski definition) is 7. The van der Waals surface area contributed by atoms with Crippen molar-refractivity contribution in [3.8, 4) is 11.3 Å². The molecule has 0 radical (unpaired) electrons. The Kier molecular flexibility index (Phi) is 11.7. The van der Waals surface area contributed by atoms with Gasteiger partial charge in [-0.3, -0.25) is 14.9 Å². The smallest absolute Gasteiger partial charge is 0.475 e. The monoisotopic (exact) mass is 659 g/mol. The van der Waals surface area contributed by atoms with Crippen molar-refractivity contribution in [1.82, 2.24) is 24.4 Å². The molecule has 45 heavy (non-hydrogen) atoms. The summed E-state index contributed by atoms with van der Waals surface area (Å²) in [5, 5.41) is 14.2. The maximum atomic E-state index is 10.6. The van der Waals surface area contributed by atoms with Crippen LogP contribution in [0.5, 0.6) is 0 Å². The maximum absolute atomic E-state index is 10.6. The number of halogens is 6. The van der Waals surface area contributed by atoms with Gasteiger partial charge in [0.2, 0.25) is 0 Å². The molecule has 2 N–H and O–H groups in total. The molecule has 1 saturated heterocycles. The van der Waals surface area contributed by atoms with Crippen molar-refractivity contribution < 1.29 is 46.1 Å². The van der Waals surface area contributed by atoms with E-state index in [0.717, 1.165) is 49.2 Å². The lowest BCUT2D eigenvalue weighted by molar-refractivity contribution is -0.193. The highest BCUT2D eigenvalue weighted by molar-refractivity contribution is 7.11. The van der Waals surface area contributed by atoms with Crippen LogP contribution in [0, 0.1) is 6.92 Å².